The number of halogens is 1. The molecule has 0 aromatic rings. The highest BCUT2D eigenvalue weighted by molar-refractivity contribution is 6.21. The van der Waals surface area contributed by atoms with Crippen molar-refractivity contribution in [1.29, 1.82) is 0 Å². The number of ether oxygens (including phenoxy) is 1. The zero-order valence-electron chi connectivity index (χ0n) is 6.19. The van der Waals surface area contributed by atoms with Gasteiger partial charge in [0, 0.05) is 0 Å². The van der Waals surface area contributed by atoms with E-state index in [1.807, 2.05) is 0 Å². The normalized spacial score (nSPS) is 23.4. The second-order valence-electron chi connectivity index (χ2n) is 1.71. The highest BCUT2D eigenvalue weighted by Crippen LogP contribution is 2.09. The summed E-state index contributed by atoms with van der Waals surface area (Å²) in [4.78, 5) is 12.4. The van der Waals surface area contributed by atoms with E-state index in [2.05, 4.69) is 9.98 Å². The van der Waals surface area contributed by atoms with Gasteiger partial charge in [0.05, 0.1) is 14.2 Å². The molecule has 0 spiro atoms. The van der Waals surface area contributed by atoms with Crippen molar-refractivity contribution in [3.63, 3.8) is 0 Å². The van der Waals surface area contributed by atoms with Gasteiger partial charge in [0.15, 0.2) is 0 Å². The van der Waals surface area contributed by atoms with E-state index in [0.29, 0.717) is 0 Å². The van der Waals surface area contributed by atoms with Gasteiger partial charge in [-0.3, -0.25) is 4.84 Å². The fourth-order valence-electron chi connectivity index (χ4n) is 0.582. The molecule has 0 aromatic heterocycles. The van der Waals surface area contributed by atoms with Gasteiger partial charge >= 0.3 is 6.02 Å². The number of hydrogen-bond donors (Lipinski definition) is 0. The Balaban J connectivity index is 2.63. The maximum atomic E-state index is 5.70. The molecule has 0 amide bonds. The van der Waals surface area contributed by atoms with Crippen LogP contribution in [0.4, 0.5) is 0 Å². The molecule has 1 rings (SSSR count). The zero-order chi connectivity index (χ0) is 8.27. The minimum atomic E-state index is -0.604. The van der Waals surface area contributed by atoms with Crippen LogP contribution in [-0.2, 0) is 9.57 Å². The summed E-state index contributed by atoms with van der Waals surface area (Å²) in [5.41, 5.74) is -0.604. The maximum Gasteiger partial charge on any atom is 0.316 e. The summed E-state index contributed by atoms with van der Waals surface area (Å²) < 4.78 is 4.74. The van der Waals surface area contributed by atoms with Gasteiger partial charge < -0.3 is 4.74 Å². The van der Waals surface area contributed by atoms with E-state index in [4.69, 9.17) is 21.2 Å². The molecule has 5 nitrogen and oxygen atoms in total. The molecule has 0 N–H and O–H groups in total. The molecule has 62 valence electrons. The first-order chi connectivity index (χ1) is 5.27. The minimum Gasteiger partial charge on any atom is -0.467 e. The van der Waals surface area contributed by atoms with Gasteiger partial charge in [-0.15, -0.1) is 0 Å². The fraction of sp³-hybridized carbons (Fsp3) is 0.600. The molecule has 1 heterocycles. The molecule has 1 aliphatic heterocycles. The molecule has 0 radical (unpaired) electrons. The molecule has 6 heteroatoms. The van der Waals surface area contributed by atoms with E-state index < -0.39 is 5.62 Å². The van der Waals surface area contributed by atoms with Gasteiger partial charge in [-0.05, 0) is 0 Å². The van der Waals surface area contributed by atoms with Crippen molar-refractivity contribution in [2.75, 3.05) is 14.2 Å². The molecule has 0 fully saturated rings. The number of aliphatic imine (C=N–C) groups is 2. The lowest BCUT2D eigenvalue weighted by atomic mass is 10.8. The SMILES string of the molecule is COC1=NC(Cl)N(OC)C=N1. The quantitative estimate of drug-likeness (QED) is 0.431. The average Bonchev–Trinajstić information content (AvgIpc) is 2.04. The third-order valence-electron chi connectivity index (χ3n) is 1.10. The first-order valence-corrected chi connectivity index (χ1v) is 3.34. The summed E-state index contributed by atoms with van der Waals surface area (Å²) in [7, 11) is 2.96. The Bertz CT molecular complexity index is 194. The van der Waals surface area contributed by atoms with Crippen molar-refractivity contribution in [2.45, 2.75) is 5.62 Å². The Kier molecular flexibility index (Phi) is 2.67. The maximum absolute atomic E-state index is 5.70. The van der Waals surface area contributed by atoms with Crippen LogP contribution < -0.4 is 0 Å². The lowest BCUT2D eigenvalue weighted by molar-refractivity contribution is -0.0705. The van der Waals surface area contributed by atoms with E-state index in [9.17, 15) is 0 Å². The number of hydroxylamine groups is 2. The highest BCUT2D eigenvalue weighted by Gasteiger charge is 2.16. The van der Waals surface area contributed by atoms with Crippen LogP contribution in [0.5, 0.6) is 0 Å². The first-order valence-electron chi connectivity index (χ1n) is 2.90. The zero-order valence-corrected chi connectivity index (χ0v) is 6.95. The fourth-order valence-corrected chi connectivity index (χ4v) is 0.796. The summed E-state index contributed by atoms with van der Waals surface area (Å²) >= 11 is 5.70. The number of alkyl halides is 1. The Morgan fingerprint density at radius 2 is 2.36 bits per heavy atom. The van der Waals surface area contributed by atoms with Crippen molar-refractivity contribution in [1.82, 2.24) is 5.06 Å². The largest absolute Gasteiger partial charge is 0.467 e. The molecule has 11 heavy (non-hydrogen) atoms. The van der Waals surface area contributed by atoms with Crippen molar-refractivity contribution in [3.8, 4) is 0 Å². The van der Waals surface area contributed by atoms with Gasteiger partial charge in [-0.2, -0.15) is 9.98 Å². The summed E-state index contributed by atoms with van der Waals surface area (Å²) in [6, 6.07) is 0.248. The number of nitrogens with zero attached hydrogens (tertiary/aromatic N) is 3. The van der Waals surface area contributed by atoms with Gasteiger partial charge in [-0.25, -0.2) is 5.06 Å². The Morgan fingerprint density at radius 3 is 2.82 bits per heavy atom. The van der Waals surface area contributed by atoms with Crippen LogP contribution in [0.1, 0.15) is 0 Å². The Hall–Kier alpha value is -0.810. The molecule has 1 unspecified atom stereocenters. The van der Waals surface area contributed by atoms with Crippen LogP contribution in [-0.4, -0.2) is 37.3 Å². The Morgan fingerprint density at radius 1 is 1.64 bits per heavy atom. The summed E-state index contributed by atoms with van der Waals surface area (Å²) in [5, 5.41) is 1.30. The number of amidine groups is 1. The van der Waals surface area contributed by atoms with E-state index in [1.54, 1.807) is 0 Å². The predicted octanol–water partition coefficient (Wildman–Crippen LogP) is 0.416. The summed E-state index contributed by atoms with van der Waals surface area (Å²) in [6.45, 7) is 0. The highest BCUT2D eigenvalue weighted by atomic mass is 35.5. The molecular weight excluding hydrogens is 170 g/mol. The molecular formula is C5H8ClN3O2. The topological polar surface area (TPSA) is 46.4 Å². The van der Waals surface area contributed by atoms with Crippen LogP contribution in [0.3, 0.4) is 0 Å². The standard InChI is InChI=1S/C5H8ClN3O2/c1-10-5-7-3-9(11-2)4(6)8-5/h3-4H,1-2H3. The number of methoxy groups -OCH3 is 1. The monoisotopic (exact) mass is 177 g/mol. The van der Waals surface area contributed by atoms with Gasteiger partial charge in [0.2, 0.25) is 5.62 Å². The predicted molar refractivity (Wildman–Crippen MR) is 41.4 cm³/mol. The minimum absolute atomic E-state index is 0.248. The smallest absolute Gasteiger partial charge is 0.316 e. The average molecular weight is 178 g/mol. The lowest BCUT2D eigenvalue weighted by Gasteiger charge is -2.21. The van der Waals surface area contributed by atoms with Crippen molar-refractivity contribution in [2.24, 2.45) is 9.98 Å². The second-order valence-corrected chi connectivity index (χ2v) is 2.10. The molecule has 0 bridgehead atoms. The van der Waals surface area contributed by atoms with Gasteiger partial charge in [0.1, 0.15) is 6.34 Å². The van der Waals surface area contributed by atoms with Crippen molar-refractivity contribution >= 4 is 24.0 Å². The number of rotatable bonds is 1. The third-order valence-corrected chi connectivity index (χ3v) is 1.39. The molecule has 0 aliphatic carbocycles. The van der Waals surface area contributed by atoms with E-state index >= 15 is 0 Å². The van der Waals surface area contributed by atoms with E-state index in [1.165, 1.54) is 25.6 Å². The van der Waals surface area contributed by atoms with E-state index in [0.717, 1.165) is 0 Å². The van der Waals surface area contributed by atoms with Gasteiger partial charge in [0.25, 0.3) is 0 Å². The molecule has 0 saturated heterocycles. The third kappa shape index (κ3) is 1.81. The second kappa shape index (κ2) is 3.54. The number of hydrogen-bond acceptors (Lipinski definition) is 5. The summed E-state index contributed by atoms with van der Waals surface area (Å²) in [6.07, 6.45) is 1.41. The van der Waals surface area contributed by atoms with Crippen LogP contribution in [0.2, 0.25) is 0 Å². The van der Waals surface area contributed by atoms with Crippen molar-refractivity contribution in [3.05, 3.63) is 0 Å². The van der Waals surface area contributed by atoms with Crippen LogP contribution >= 0.6 is 11.6 Å². The molecule has 1 atom stereocenters. The molecule has 1 aliphatic rings. The molecule has 0 aromatic carbocycles. The van der Waals surface area contributed by atoms with Crippen LogP contribution in [0.25, 0.3) is 0 Å². The lowest BCUT2D eigenvalue weighted by Crippen LogP contribution is -2.32. The van der Waals surface area contributed by atoms with Crippen molar-refractivity contribution < 1.29 is 9.57 Å². The van der Waals surface area contributed by atoms with Crippen LogP contribution in [0.15, 0.2) is 9.98 Å². The van der Waals surface area contributed by atoms with Crippen LogP contribution in [0, 0.1) is 0 Å². The molecule has 0 saturated carbocycles. The van der Waals surface area contributed by atoms with E-state index in [-0.39, 0.29) is 6.02 Å². The Labute approximate surface area is 69.2 Å². The van der Waals surface area contributed by atoms with Gasteiger partial charge in [-0.1, -0.05) is 11.6 Å². The summed E-state index contributed by atoms with van der Waals surface area (Å²) in [5.74, 6) is 0. The first kappa shape index (κ1) is 8.29.